The Morgan fingerprint density at radius 2 is 2.35 bits per heavy atom. The fourth-order valence-corrected chi connectivity index (χ4v) is 3.71. The minimum Gasteiger partial charge on any atom is -0.307 e. The van der Waals surface area contributed by atoms with Crippen molar-refractivity contribution < 1.29 is 8.42 Å². The highest BCUT2D eigenvalue weighted by Crippen LogP contribution is 2.12. The monoisotopic (exact) mass is 255 g/mol. The Morgan fingerprint density at radius 1 is 1.53 bits per heavy atom. The predicted octanol–water partition coefficient (Wildman–Crippen LogP) is 0.452. The molecule has 2 rings (SSSR count). The molecule has 0 aliphatic carbocycles. The lowest BCUT2D eigenvalue weighted by Gasteiger charge is -2.22. The highest BCUT2D eigenvalue weighted by molar-refractivity contribution is 7.91. The van der Waals surface area contributed by atoms with Gasteiger partial charge in [-0.1, -0.05) is 0 Å². The van der Waals surface area contributed by atoms with Crippen LogP contribution in [0.25, 0.3) is 0 Å². The molecule has 1 atom stereocenters. The second-order valence-electron chi connectivity index (χ2n) is 4.43. The predicted molar refractivity (Wildman–Crippen MR) is 65.3 cm³/mol. The van der Waals surface area contributed by atoms with Gasteiger partial charge in [-0.3, -0.25) is 0 Å². The number of hydrogen-bond donors (Lipinski definition) is 1. The van der Waals surface area contributed by atoms with Crippen molar-refractivity contribution in [2.45, 2.75) is 32.4 Å². The van der Waals surface area contributed by atoms with Crippen LogP contribution < -0.4 is 5.32 Å². The van der Waals surface area contributed by atoms with E-state index in [-0.39, 0.29) is 11.8 Å². The van der Waals surface area contributed by atoms with E-state index in [1.165, 1.54) is 0 Å². The van der Waals surface area contributed by atoms with Crippen molar-refractivity contribution in [2.75, 3.05) is 11.5 Å². The summed E-state index contributed by atoms with van der Waals surface area (Å²) >= 11 is 0. The van der Waals surface area contributed by atoms with Gasteiger partial charge >= 0.3 is 0 Å². The molecule has 0 saturated carbocycles. The second kappa shape index (κ2) is 5.10. The molecule has 1 aromatic rings. The molecular weight excluding hydrogens is 238 g/mol. The van der Waals surface area contributed by atoms with Crippen LogP contribution in [-0.2, 0) is 16.4 Å². The molecule has 17 heavy (non-hydrogen) atoms. The molecule has 0 amide bonds. The summed E-state index contributed by atoms with van der Waals surface area (Å²) in [5.41, 5.74) is 0.903. The summed E-state index contributed by atoms with van der Waals surface area (Å²) in [4.78, 5) is 8.29. The molecule has 0 bridgehead atoms. The third kappa shape index (κ3) is 3.74. The quantitative estimate of drug-likeness (QED) is 0.849. The van der Waals surface area contributed by atoms with E-state index in [9.17, 15) is 8.42 Å². The summed E-state index contributed by atoms with van der Waals surface area (Å²) in [7, 11) is -2.84. The van der Waals surface area contributed by atoms with Crippen LogP contribution in [0.15, 0.2) is 12.3 Å². The summed E-state index contributed by atoms with van der Waals surface area (Å²) in [6, 6.07) is 1.90. The molecular formula is C11H17N3O2S. The minimum atomic E-state index is -2.84. The van der Waals surface area contributed by atoms with Gasteiger partial charge < -0.3 is 5.32 Å². The average Bonchev–Trinajstić information content (AvgIpc) is 2.25. The summed E-state index contributed by atoms with van der Waals surface area (Å²) in [6.07, 6.45) is 3.39. The Labute approximate surface area is 102 Å². The van der Waals surface area contributed by atoms with Crippen molar-refractivity contribution in [2.24, 2.45) is 0 Å². The summed E-state index contributed by atoms with van der Waals surface area (Å²) < 4.78 is 22.9. The van der Waals surface area contributed by atoms with Crippen LogP contribution in [0.5, 0.6) is 0 Å². The number of nitrogens with zero attached hydrogens (tertiary/aromatic N) is 2. The lowest BCUT2D eigenvalue weighted by atomic mass is 10.2. The van der Waals surface area contributed by atoms with E-state index in [0.717, 1.165) is 24.4 Å². The second-order valence-corrected chi connectivity index (χ2v) is 6.66. The molecule has 0 spiro atoms. The fourth-order valence-electron chi connectivity index (χ4n) is 2.04. The van der Waals surface area contributed by atoms with E-state index < -0.39 is 9.84 Å². The summed E-state index contributed by atoms with van der Waals surface area (Å²) in [6.45, 7) is 2.44. The van der Waals surface area contributed by atoms with Gasteiger partial charge in [0.25, 0.3) is 0 Å². The van der Waals surface area contributed by atoms with Crippen molar-refractivity contribution >= 4 is 9.84 Å². The Bertz CT molecular complexity index is 487. The SMILES string of the molecule is Cc1nccc(CNC2CCCS(=O)(=O)C2)n1. The third-order valence-electron chi connectivity index (χ3n) is 2.87. The maximum Gasteiger partial charge on any atom is 0.151 e. The van der Waals surface area contributed by atoms with Crippen molar-refractivity contribution in [3.8, 4) is 0 Å². The van der Waals surface area contributed by atoms with Crippen molar-refractivity contribution in [3.05, 3.63) is 23.8 Å². The maximum atomic E-state index is 11.5. The molecule has 1 aliphatic heterocycles. The molecule has 1 aromatic heterocycles. The van der Waals surface area contributed by atoms with Crippen LogP contribution in [-0.4, -0.2) is 35.9 Å². The van der Waals surface area contributed by atoms with Gasteiger partial charge in [-0.05, 0) is 25.8 Å². The highest BCUT2D eigenvalue weighted by atomic mass is 32.2. The first-order valence-corrected chi connectivity index (χ1v) is 7.60. The first kappa shape index (κ1) is 12.4. The number of hydrogen-bond acceptors (Lipinski definition) is 5. The Morgan fingerprint density at radius 3 is 3.06 bits per heavy atom. The number of sulfone groups is 1. The number of aryl methyl sites for hydroxylation is 1. The molecule has 2 heterocycles. The molecule has 1 fully saturated rings. The number of rotatable bonds is 3. The van der Waals surface area contributed by atoms with Crippen LogP contribution in [0.3, 0.4) is 0 Å². The van der Waals surface area contributed by atoms with E-state index in [1.54, 1.807) is 6.20 Å². The van der Waals surface area contributed by atoms with Crippen LogP contribution >= 0.6 is 0 Å². The van der Waals surface area contributed by atoms with Gasteiger partial charge in [-0.2, -0.15) is 0 Å². The maximum absolute atomic E-state index is 11.5. The third-order valence-corrected chi connectivity index (χ3v) is 4.69. The van der Waals surface area contributed by atoms with Gasteiger partial charge in [0.05, 0.1) is 17.2 Å². The molecule has 6 heteroatoms. The zero-order valence-corrected chi connectivity index (χ0v) is 10.7. The van der Waals surface area contributed by atoms with Crippen molar-refractivity contribution in [1.82, 2.24) is 15.3 Å². The van der Waals surface area contributed by atoms with Crippen LogP contribution in [0.2, 0.25) is 0 Å². The smallest absolute Gasteiger partial charge is 0.151 e. The molecule has 5 nitrogen and oxygen atoms in total. The van der Waals surface area contributed by atoms with E-state index in [1.807, 2.05) is 13.0 Å². The normalized spacial score (nSPS) is 23.5. The molecule has 1 N–H and O–H groups in total. The van der Waals surface area contributed by atoms with E-state index >= 15 is 0 Å². The Hall–Kier alpha value is -1.01. The lowest BCUT2D eigenvalue weighted by Crippen LogP contribution is -2.39. The van der Waals surface area contributed by atoms with Gasteiger partial charge in [0, 0.05) is 18.8 Å². The van der Waals surface area contributed by atoms with Gasteiger partial charge in [0.1, 0.15) is 5.82 Å². The molecule has 1 saturated heterocycles. The molecule has 0 aromatic carbocycles. The lowest BCUT2D eigenvalue weighted by molar-refractivity contribution is 0.477. The van der Waals surface area contributed by atoms with Crippen LogP contribution in [0.4, 0.5) is 0 Å². The fraction of sp³-hybridized carbons (Fsp3) is 0.636. The number of nitrogens with one attached hydrogen (secondary N) is 1. The Balaban J connectivity index is 1.90. The van der Waals surface area contributed by atoms with Crippen LogP contribution in [0.1, 0.15) is 24.4 Å². The molecule has 1 aliphatic rings. The van der Waals surface area contributed by atoms with Crippen LogP contribution in [0, 0.1) is 6.92 Å². The first-order valence-electron chi connectivity index (χ1n) is 5.77. The Kier molecular flexibility index (Phi) is 3.73. The van der Waals surface area contributed by atoms with Gasteiger partial charge in [0.2, 0.25) is 0 Å². The molecule has 94 valence electrons. The topological polar surface area (TPSA) is 72.0 Å². The van der Waals surface area contributed by atoms with Gasteiger partial charge in [-0.15, -0.1) is 0 Å². The summed E-state index contributed by atoms with van der Waals surface area (Å²) in [5.74, 6) is 1.31. The molecule has 0 radical (unpaired) electrons. The van der Waals surface area contributed by atoms with Gasteiger partial charge in [0.15, 0.2) is 9.84 Å². The van der Waals surface area contributed by atoms with E-state index in [0.29, 0.717) is 12.3 Å². The number of aromatic nitrogens is 2. The van der Waals surface area contributed by atoms with Crippen molar-refractivity contribution in [1.29, 1.82) is 0 Å². The first-order chi connectivity index (χ1) is 8.05. The van der Waals surface area contributed by atoms with E-state index in [2.05, 4.69) is 15.3 Å². The highest BCUT2D eigenvalue weighted by Gasteiger charge is 2.24. The van der Waals surface area contributed by atoms with Gasteiger partial charge in [-0.25, -0.2) is 18.4 Å². The average molecular weight is 255 g/mol. The van der Waals surface area contributed by atoms with Crippen molar-refractivity contribution in [3.63, 3.8) is 0 Å². The standard InChI is InChI=1S/C11H17N3O2S/c1-9-12-5-4-10(14-9)7-13-11-3-2-6-17(15,16)8-11/h4-5,11,13H,2-3,6-8H2,1H3. The van der Waals surface area contributed by atoms with E-state index in [4.69, 9.17) is 0 Å². The minimum absolute atomic E-state index is 0.0593. The summed E-state index contributed by atoms with van der Waals surface area (Å²) in [5, 5.41) is 3.25. The molecule has 1 unspecified atom stereocenters. The zero-order valence-electron chi connectivity index (χ0n) is 9.89. The zero-order chi connectivity index (χ0) is 12.3. The largest absolute Gasteiger partial charge is 0.307 e.